The highest BCUT2D eigenvalue weighted by atomic mass is 79.9. The van der Waals surface area contributed by atoms with Gasteiger partial charge in [-0.1, -0.05) is 79.5 Å². The average Bonchev–Trinajstić information content (AvgIpc) is 2.10. The molecule has 0 amide bonds. The molecule has 0 radical (unpaired) electrons. The molecule has 0 aliphatic carbocycles. The second kappa shape index (κ2) is 17.0. The number of halogens is 1. The first kappa shape index (κ1) is 14.2. The molecule has 0 aliphatic rings. The minimum Gasteiger partial charge on any atom is -0.0931 e. The summed E-state index contributed by atoms with van der Waals surface area (Å²) in [7, 11) is 0. The van der Waals surface area contributed by atoms with Gasteiger partial charge in [-0.05, 0) is 0 Å². The van der Waals surface area contributed by atoms with E-state index in [1.54, 1.807) is 0 Å². The van der Waals surface area contributed by atoms with Crippen LogP contribution in [0.15, 0.2) is 36.4 Å². The highest BCUT2D eigenvalue weighted by Gasteiger charge is 1.57. The van der Waals surface area contributed by atoms with E-state index in [0.717, 1.165) is 5.33 Å². The van der Waals surface area contributed by atoms with Gasteiger partial charge in [0, 0.05) is 5.33 Å². The van der Waals surface area contributed by atoms with Crippen LogP contribution in [0, 0.1) is 0 Å². The van der Waals surface area contributed by atoms with Crippen LogP contribution in [0.4, 0.5) is 0 Å². The molecule has 0 aromatic heterocycles. The minimum absolute atomic E-state index is 1.06. The lowest BCUT2D eigenvalue weighted by molar-refractivity contribution is 1.09. The van der Waals surface area contributed by atoms with E-state index in [9.17, 15) is 0 Å². The lowest BCUT2D eigenvalue weighted by atomic mass is 10.4. The van der Waals surface area contributed by atoms with Crippen LogP contribution in [0.5, 0.6) is 0 Å². The van der Waals surface area contributed by atoms with Crippen molar-refractivity contribution in [3.05, 3.63) is 36.4 Å². The molecule has 70 valence electrons. The standard InChI is InChI=1S/C6H6.C3H8.C2H5Br/c1-2-4-6-5-3-1;1-3-2;1-2-3/h1-6H;3H2,1-2H3;2H2,1H3. The van der Waals surface area contributed by atoms with Gasteiger partial charge in [0.25, 0.3) is 0 Å². The lowest BCUT2D eigenvalue weighted by Gasteiger charge is -1.69. The Morgan fingerprint density at radius 1 is 0.750 bits per heavy atom. The number of rotatable bonds is 0. The molecule has 0 atom stereocenters. The topological polar surface area (TPSA) is 0 Å². The fourth-order valence-electron chi connectivity index (χ4n) is 0.385. The van der Waals surface area contributed by atoms with Gasteiger partial charge in [-0.2, -0.15) is 0 Å². The fourth-order valence-corrected chi connectivity index (χ4v) is 0.385. The predicted molar refractivity (Wildman–Crippen MR) is 61.9 cm³/mol. The SMILES string of the molecule is CCBr.CCC.c1ccccc1. The quantitative estimate of drug-likeness (QED) is 0.576. The molecular formula is C11H19Br. The Balaban J connectivity index is 0. The predicted octanol–water partition coefficient (Wildman–Crippen LogP) is 4.50. The Hall–Kier alpha value is -0.300. The maximum Gasteiger partial charge on any atom is 0.000281 e. The van der Waals surface area contributed by atoms with E-state index < -0.39 is 0 Å². The molecule has 12 heavy (non-hydrogen) atoms. The molecule has 1 heteroatoms. The monoisotopic (exact) mass is 230 g/mol. The van der Waals surface area contributed by atoms with E-state index in [1.165, 1.54) is 6.42 Å². The lowest BCUT2D eigenvalue weighted by Crippen LogP contribution is -1.47. The molecule has 0 N–H and O–H groups in total. The molecular weight excluding hydrogens is 212 g/mol. The zero-order chi connectivity index (χ0) is 9.66. The van der Waals surface area contributed by atoms with E-state index in [0.29, 0.717) is 0 Å². The van der Waals surface area contributed by atoms with Crippen LogP contribution in [0.3, 0.4) is 0 Å². The molecule has 0 fully saturated rings. The molecule has 0 spiro atoms. The molecule has 0 unspecified atom stereocenters. The van der Waals surface area contributed by atoms with Crippen molar-refractivity contribution in [2.24, 2.45) is 0 Å². The fraction of sp³-hybridized carbons (Fsp3) is 0.455. The average molecular weight is 231 g/mol. The van der Waals surface area contributed by atoms with Crippen LogP contribution in [-0.2, 0) is 0 Å². The normalized spacial score (nSPS) is 7.00. The first-order chi connectivity index (χ1) is 5.83. The van der Waals surface area contributed by atoms with Crippen LogP contribution < -0.4 is 0 Å². The second-order valence-corrected chi connectivity index (χ2v) is 3.25. The molecule has 1 aromatic rings. The minimum atomic E-state index is 1.06. The molecule has 0 saturated carbocycles. The summed E-state index contributed by atoms with van der Waals surface area (Å²) in [5, 5.41) is 1.06. The van der Waals surface area contributed by atoms with Crippen molar-refractivity contribution in [2.45, 2.75) is 27.2 Å². The van der Waals surface area contributed by atoms with Crippen molar-refractivity contribution >= 4 is 15.9 Å². The van der Waals surface area contributed by atoms with Gasteiger partial charge in [-0.15, -0.1) is 0 Å². The summed E-state index contributed by atoms with van der Waals surface area (Å²) >= 11 is 3.15. The Morgan fingerprint density at radius 2 is 0.833 bits per heavy atom. The van der Waals surface area contributed by atoms with E-state index in [-0.39, 0.29) is 0 Å². The summed E-state index contributed by atoms with van der Waals surface area (Å²) in [6, 6.07) is 12.0. The number of hydrogen-bond donors (Lipinski definition) is 0. The van der Waals surface area contributed by atoms with Crippen molar-refractivity contribution in [2.75, 3.05) is 5.33 Å². The third-order valence-corrected chi connectivity index (χ3v) is 0.667. The summed E-state index contributed by atoms with van der Waals surface area (Å²) in [4.78, 5) is 0. The van der Waals surface area contributed by atoms with E-state index >= 15 is 0 Å². The number of hydrogen-bond acceptors (Lipinski definition) is 0. The Morgan fingerprint density at radius 3 is 0.917 bits per heavy atom. The number of benzene rings is 1. The van der Waals surface area contributed by atoms with Gasteiger partial charge < -0.3 is 0 Å². The Kier molecular flexibility index (Phi) is 20.1. The maximum atomic E-state index is 3.15. The maximum absolute atomic E-state index is 3.15. The highest BCUT2D eigenvalue weighted by molar-refractivity contribution is 9.09. The highest BCUT2D eigenvalue weighted by Crippen LogP contribution is 1.79. The van der Waals surface area contributed by atoms with Crippen molar-refractivity contribution in [1.29, 1.82) is 0 Å². The van der Waals surface area contributed by atoms with Gasteiger partial charge in [0.1, 0.15) is 0 Å². The van der Waals surface area contributed by atoms with Crippen LogP contribution in [0.25, 0.3) is 0 Å². The van der Waals surface area contributed by atoms with Crippen LogP contribution in [0.1, 0.15) is 27.2 Å². The van der Waals surface area contributed by atoms with Gasteiger partial charge >= 0.3 is 0 Å². The van der Waals surface area contributed by atoms with Crippen LogP contribution in [-0.4, -0.2) is 5.33 Å². The summed E-state index contributed by atoms with van der Waals surface area (Å²) in [5.74, 6) is 0. The van der Waals surface area contributed by atoms with Crippen LogP contribution >= 0.6 is 15.9 Å². The summed E-state index contributed by atoms with van der Waals surface area (Å²) in [6.07, 6.45) is 1.25. The Labute approximate surface area is 85.1 Å². The number of alkyl halides is 1. The molecule has 0 bridgehead atoms. The first-order valence-corrected chi connectivity index (χ1v) is 5.51. The Bertz CT molecular complexity index is 97.0. The van der Waals surface area contributed by atoms with E-state index in [2.05, 4.69) is 29.8 Å². The molecule has 0 aliphatic heterocycles. The molecule has 0 heterocycles. The summed E-state index contributed by atoms with van der Waals surface area (Å²) < 4.78 is 0. The zero-order valence-electron chi connectivity index (χ0n) is 8.26. The third kappa shape index (κ3) is 22.6. The summed E-state index contributed by atoms with van der Waals surface area (Å²) in [5.41, 5.74) is 0. The largest absolute Gasteiger partial charge is 0.0931 e. The van der Waals surface area contributed by atoms with Crippen molar-refractivity contribution in [3.63, 3.8) is 0 Å². The smallest absolute Gasteiger partial charge is 0.000281 e. The zero-order valence-corrected chi connectivity index (χ0v) is 9.84. The summed E-state index contributed by atoms with van der Waals surface area (Å²) in [6.45, 7) is 6.29. The molecule has 1 aromatic carbocycles. The molecule has 1 rings (SSSR count). The van der Waals surface area contributed by atoms with Crippen molar-refractivity contribution < 1.29 is 0 Å². The van der Waals surface area contributed by atoms with Crippen molar-refractivity contribution in [1.82, 2.24) is 0 Å². The van der Waals surface area contributed by atoms with Gasteiger partial charge in [0.05, 0.1) is 0 Å². The van der Waals surface area contributed by atoms with E-state index in [4.69, 9.17) is 0 Å². The van der Waals surface area contributed by atoms with Crippen molar-refractivity contribution in [3.8, 4) is 0 Å². The second-order valence-electron chi connectivity index (χ2n) is 2.13. The van der Waals surface area contributed by atoms with Gasteiger partial charge in [-0.25, -0.2) is 0 Å². The van der Waals surface area contributed by atoms with Gasteiger partial charge in [0.2, 0.25) is 0 Å². The third-order valence-electron chi connectivity index (χ3n) is 0.667. The van der Waals surface area contributed by atoms with Gasteiger partial charge in [0.15, 0.2) is 0 Å². The molecule has 0 nitrogen and oxygen atoms in total. The van der Waals surface area contributed by atoms with E-state index in [1.807, 2.05) is 43.3 Å². The molecule has 0 saturated heterocycles. The first-order valence-electron chi connectivity index (χ1n) is 4.39. The van der Waals surface area contributed by atoms with Gasteiger partial charge in [-0.3, -0.25) is 0 Å². The van der Waals surface area contributed by atoms with Crippen LogP contribution in [0.2, 0.25) is 0 Å².